The van der Waals surface area contributed by atoms with Gasteiger partial charge in [0.2, 0.25) is 15.9 Å². The molecule has 2 rings (SSSR count). The van der Waals surface area contributed by atoms with Gasteiger partial charge in [-0.15, -0.1) is 0 Å². The van der Waals surface area contributed by atoms with Gasteiger partial charge in [0.25, 0.3) is 5.91 Å². The molecule has 0 radical (unpaired) electrons. The van der Waals surface area contributed by atoms with Gasteiger partial charge < -0.3 is 15.4 Å². The third kappa shape index (κ3) is 8.52. The molecule has 0 unspecified atom stereocenters. The van der Waals surface area contributed by atoms with Crippen molar-refractivity contribution < 1.29 is 22.7 Å². The SMILES string of the molecule is CCCCOc1ccc(C(=O)NCC(=O)NCc2cccc(NS(C)(=O)=O)c2)cc1. The van der Waals surface area contributed by atoms with Gasteiger partial charge in [0.05, 0.1) is 19.4 Å². The first-order valence-corrected chi connectivity index (χ1v) is 11.5. The van der Waals surface area contributed by atoms with Gasteiger partial charge >= 0.3 is 0 Å². The normalized spacial score (nSPS) is 10.9. The summed E-state index contributed by atoms with van der Waals surface area (Å²) in [5, 5.41) is 5.25. The van der Waals surface area contributed by atoms with Crippen molar-refractivity contribution in [2.75, 3.05) is 24.1 Å². The number of hydrogen-bond acceptors (Lipinski definition) is 5. The first-order chi connectivity index (χ1) is 14.3. The number of carbonyl (C=O) groups is 2. The van der Waals surface area contributed by atoms with Crippen molar-refractivity contribution in [1.82, 2.24) is 10.6 Å². The number of amides is 2. The summed E-state index contributed by atoms with van der Waals surface area (Å²) < 4.78 is 30.5. The first-order valence-electron chi connectivity index (χ1n) is 9.61. The van der Waals surface area contributed by atoms with Crippen LogP contribution < -0.4 is 20.1 Å². The van der Waals surface area contributed by atoms with Crippen molar-refractivity contribution in [2.45, 2.75) is 26.3 Å². The Balaban J connectivity index is 1.78. The van der Waals surface area contributed by atoms with Crippen LogP contribution in [0, 0.1) is 0 Å². The molecule has 8 nitrogen and oxygen atoms in total. The van der Waals surface area contributed by atoms with E-state index in [1.165, 1.54) is 0 Å². The van der Waals surface area contributed by atoms with Crippen LogP contribution in [0.5, 0.6) is 5.75 Å². The molecule has 0 aromatic heterocycles. The number of carbonyl (C=O) groups excluding carboxylic acids is 2. The molecule has 0 heterocycles. The summed E-state index contributed by atoms with van der Waals surface area (Å²) in [4.78, 5) is 24.2. The number of sulfonamides is 1. The lowest BCUT2D eigenvalue weighted by Crippen LogP contribution is -2.36. The molecule has 0 fully saturated rings. The Kier molecular flexibility index (Phi) is 8.67. The zero-order valence-corrected chi connectivity index (χ0v) is 17.9. The van der Waals surface area contributed by atoms with Gasteiger partial charge in [0, 0.05) is 17.8 Å². The van der Waals surface area contributed by atoms with Gasteiger partial charge in [0.1, 0.15) is 5.75 Å². The van der Waals surface area contributed by atoms with E-state index in [4.69, 9.17) is 4.74 Å². The van der Waals surface area contributed by atoms with Gasteiger partial charge in [-0.05, 0) is 48.4 Å². The minimum Gasteiger partial charge on any atom is -0.494 e. The van der Waals surface area contributed by atoms with Gasteiger partial charge in [-0.1, -0.05) is 25.5 Å². The van der Waals surface area contributed by atoms with Crippen LogP contribution >= 0.6 is 0 Å². The monoisotopic (exact) mass is 433 g/mol. The fraction of sp³-hybridized carbons (Fsp3) is 0.333. The van der Waals surface area contributed by atoms with Crippen molar-refractivity contribution >= 4 is 27.5 Å². The lowest BCUT2D eigenvalue weighted by atomic mass is 10.2. The highest BCUT2D eigenvalue weighted by molar-refractivity contribution is 7.92. The van der Waals surface area contributed by atoms with E-state index in [0.29, 0.717) is 23.6 Å². The van der Waals surface area contributed by atoms with Crippen LogP contribution in [0.3, 0.4) is 0 Å². The van der Waals surface area contributed by atoms with Crippen molar-refractivity contribution in [3.8, 4) is 5.75 Å². The standard InChI is InChI=1S/C21H27N3O5S/c1-3-4-12-29-19-10-8-17(9-11-19)21(26)23-15-20(25)22-14-16-6-5-7-18(13-16)24-30(2,27)28/h5-11,13,24H,3-4,12,14-15H2,1-2H3,(H,22,25)(H,23,26). The number of ether oxygens (including phenoxy) is 1. The summed E-state index contributed by atoms with van der Waals surface area (Å²) in [5.74, 6) is -0.0145. The highest BCUT2D eigenvalue weighted by atomic mass is 32.2. The molecule has 0 atom stereocenters. The number of unbranched alkanes of at least 4 members (excludes halogenated alkanes) is 1. The van der Waals surface area contributed by atoms with Crippen molar-refractivity contribution in [3.63, 3.8) is 0 Å². The zero-order chi connectivity index (χ0) is 22.0. The second-order valence-corrected chi connectivity index (χ2v) is 8.51. The molecule has 2 aromatic rings. The van der Waals surface area contributed by atoms with Crippen molar-refractivity contribution in [3.05, 3.63) is 59.7 Å². The fourth-order valence-corrected chi connectivity index (χ4v) is 3.08. The first kappa shape index (κ1) is 23.2. The minimum atomic E-state index is -3.37. The van der Waals surface area contributed by atoms with Crippen LogP contribution in [0.1, 0.15) is 35.7 Å². The Labute approximate surface area is 177 Å². The maximum absolute atomic E-state index is 12.2. The van der Waals surface area contributed by atoms with Crippen LogP contribution in [0.15, 0.2) is 48.5 Å². The molecule has 9 heteroatoms. The topological polar surface area (TPSA) is 114 Å². The van der Waals surface area contributed by atoms with Gasteiger partial charge in [-0.3, -0.25) is 14.3 Å². The van der Waals surface area contributed by atoms with Crippen molar-refractivity contribution in [2.24, 2.45) is 0 Å². The molecule has 2 aromatic carbocycles. The van der Waals surface area contributed by atoms with Gasteiger partial charge in [-0.25, -0.2) is 8.42 Å². The van der Waals surface area contributed by atoms with E-state index >= 15 is 0 Å². The predicted molar refractivity (Wildman–Crippen MR) is 116 cm³/mol. The summed E-state index contributed by atoms with van der Waals surface area (Å²) in [6.07, 6.45) is 3.08. The van der Waals surface area contributed by atoms with Crippen LogP contribution in [0.2, 0.25) is 0 Å². The number of hydrogen-bond donors (Lipinski definition) is 3. The molecule has 0 aliphatic carbocycles. The molecule has 0 aliphatic heterocycles. The Bertz CT molecular complexity index is 959. The number of nitrogens with one attached hydrogen (secondary N) is 3. The van der Waals surface area contributed by atoms with Crippen LogP contribution in [0.25, 0.3) is 0 Å². The summed E-state index contributed by atoms with van der Waals surface area (Å²) in [6, 6.07) is 13.4. The molecule has 0 spiro atoms. The summed E-state index contributed by atoms with van der Waals surface area (Å²) in [7, 11) is -3.37. The highest BCUT2D eigenvalue weighted by Gasteiger charge is 2.09. The largest absolute Gasteiger partial charge is 0.494 e. The number of rotatable bonds is 11. The van der Waals surface area contributed by atoms with Crippen molar-refractivity contribution in [1.29, 1.82) is 0 Å². The van der Waals surface area contributed by atoms with Gasteiger partial charge in [-0.2, -0.15) is 0 Å². The maximum Gasteiger partial charge on any atom is 0.251 e. The predicted octanol–water partition coefficient (Wildman–Crippen LogP) is 2.28. The maximum atomic E-state index is 12.2. The number of anilines is 1. The molecule has 0 aliphatic rings. The van der Waals surface area contributed by atoms with E-state index in [1.807, 2.05) is 0 Å². The fourth-order valence-electron chi connectivity index (χ4n) is 2.52. The Morgan fingerprint density at radius 1 is 1.03 bits per heavy atom. The van der Waals surface area contributed by atoms with Crippen LogP contribution in [-0.2, 0) is 21.4 Å². The molecule has 0 saturated carbocycles. The van der Waals surface area contributed by atoms with Gasteiger partial charge in [0.15, 0.2) is 0 Å². The molecule has 2 amide bonds. The molecule has 30 heavy (non-hydrogen) atoms. The lowest BCUT2D eigenvalue weighted by Gasteiger charge is -2.09. The van der Waals surface area contributed by atoms with Crippen LogP contribution in [-0.4, -0.2) is 39.6 Å². The molecule has 162 valence electrons. The molecule has 3 N–H and O–H groups in total. The Morgan fingerprint density at radius 2 is 1.77 bits per heavy atom. The average Bonchev–Trinajstić information content (AvgIpc) is 2.70. The molecule has 0 saturated heterocycles. The van der Waals surface area contributed by atoms with E-state index in [9.17, 15) is 18.0 Å². The molecular weight excluding hydrogens is 406 g/mol. The zero-order valence-electron chi connectivity index (χ0n) is 17.1. The highest BCUT2D eigenvalue weighted by Crippen LogP contribution is 2.13. The van der Waals surface area contributed by atoms with E-state index in [2.05, 4.69) is 22.3 Å². The second kappa shape index (κ2) is 11.2. The minimum absolute atomic E-state index is 0.172. The third-order valence-corrected chi connectivity index (χ3v) is 4.62. The third-order valence-electron chi connectivity index (χ3n) is 4.01. The van der Waals surface area contributed by atoms with E-state index in [0.717, 1.165) is 24.7 Å². The van der Waals surface area contributed by atoms with E-state index in [1.54, 1.807) is 48.5 Å². The van der Waals surface area contributed by atoms with E-state index < -0.39 is 10.0 Å². The average molecular weight is 434 g/mol. The van der Waals surface area contributed by atoms with Crippen LogP contribution in [0.4, 0.5) is 5.69 Å². The number of benzene rings is 2. The summed E-state index contributed by atoms with van der Waals surface area (Å²) >= 11 is 0. The second-order valence-electron chi connectivity index (χ2n) is 6.76. The quantitative estimate of drug-likeness (QED) is 0.471. The smallest absolute Gasteiger partial charge is 0.251 e. The molecule has 0 bridgehead atoms. The molecular formula is C21H27N3O5S. The van der Waals surface area contributed by atoms with E-state index in [-0.39, 0.29) is 24.9 Å². The Hall–Kier alpha value is -3.07. The Morgan fingerprint density at radius 3 is 2.43 bits per heavy atom. The summed E-state index contributed by atoms with van der Waals surface area (Å²) in [5.41, 5.74) is 1.58. The summed E-state index contributed by atoms with van der Waals surface area (Å²) in [6.45, 7) is 2.75. The lowest BCUT2D eigenvalue weighted by molar-refractivity contribution is -0.120.